The molecule has 0 amide bonds. The number of hydrogen-bond acceptors (Lipinski definition) is 7. The number of rotatable bonds is 23. The molecule has 0 N–H and O–H groups in total. The molecule has 0 aromatic heterocycles. The highest BCUT2D eigenvalue weighted by Crippen LogP contribution is 2.58. The van der Waals surface area contributed by atoms with E-state index in [4.69, 9.17) is 28.4 Å². The van der Waals surface area contributed by atoms with Gasteiger partial charge in [0.05, 0.1) is 46.2 Å². The van der Waals surface area contributed by atoms with Crippen LogP contribution < -0.4 is 9.47 Å². The van der Waals surface area contributed by atoms with Gasteiger partial charge in [-0.05, 0) is 116 Å². The van der Waals surface area contributed by atoms with Gasteiger partial charge in [-0.3, -0.25) is 0 Å². The zero-order valence-electron chi connectivity index (χ0n) is 29.3. The molecule has 7 heteroatoms. The summed E-state index contributed by atoms with van der Waals surface area (Å²) >= 11 is 0. The maximum Gasteiger partial charge on any atom is 0.119 e. The Labute approximate surface area is 283 Å². The highest BCUT2D eigenvalue weighted by Gasteiger charge is 2.46. The molecule has 4 saturated carbocycles. The quantitative estimate of drug-likeness (QED) is 0.115. The van der Waals surface area contributed by atoms with Crippen LogP contribution in [-0.4, -0.2) is 90.6 Å². The van der Waals surface area contributed by atoms with Crippen LogP contribution in [0.2, 0.25) is 0 Å². The fourth-order valence-electron chi connectivity index (χ4n) is 7.99. The fourth-order valence-corrected chi connectivity index (χ4v) is 7.99. The lowest BCUT2D eigenvalue weighted by atomic mass is 9.53. The Hall–Kier alpha value is -2.42. The maximum absolute atomic E-state index is 6.05. The van der Waals surface area contributed by atoms with E-state index in [1.807, 2.05) is 0 Å². The molecule has 4 bridgehead atoms. The predicted molar refractivity (Wildman–Crippen MR) is 188 cm³/mol. The molecular weight excluding hydrogens is 590 g/mol. The molecular formula is C40H59NO6. The average molecular weight is 650 g/mol. The molecule has 4 fully saturated rings. The highest BCUT2D eigenvalue weighted by molar-refractivity contribution is 5.83. The third kappa shape index (κ3) is 10.8. The van der Waals surface area contributed by atoms with E-state index < -0.39 is 0 Å². The van der Waals surface area contributed by atoms with Crippen LogP contribution in [-0.2, 0) is 18.9 Å². The molecule has 260 valence electrons. The van der Waals surface area contributed by atoms with Crippen molar-refractivity contribution in [1.82, 2.24) is 4.90 Å². The lowest BCUT2D eigenvalue weighted by Gasteiger charge is -2.52. The van der Waals surface area contributed by atoms with Crippen LogP contribution in [0.1, 0.15) is 70.4 Å². The molecule has 0 unspecified atom stereocenters. The first-order valence-electron chi connectivity index (χ1n) is 18.4. The SMILES string of the molecule is CCCOCCOCCOc1ccc(C(=C2C3CC4CC(C3)CC2C4)c2ccc(OCCOCCOCCN(CC)CC)cc2)cc1. The highest BCUT2D eigenvalue weighted by atomic mass is 16.5. The normalized spacial score (nSPS) is 21.5. The standard InChI is InChI=1S/C40H59NO6/c1-4-16-42-18-20-44-22-24-46-37-11-7-33(8-12-37)39(40-35-27-31-26-32(29-35)30-36(40)28-31)34-9-13-38(14-10-34)47-25-23-45-21-19-43-17-15-41(5-2)6-3/h7-14,31-32,35-36H,4-6,15-30H2,1-3H3. The lowest BCUT2D eigenvalue weighted by molar-refractivity contribution is 0.0300. The lowest BCUT2D eigenvalue weighted by Crippen LogP contribution is -2.40. The van der Waals surface area contributed by atoms with Crippen LogP contribution >= 0.6 is 0 Å². The minimum absolute atomic E-state index is 0.527. The van der Waals surface area contributed by atoms with Gasteiger partial charge in [0.1, 0.15) is 24.7 Å². The minimum Gasteiger partial charge on any atom is -0.491 e. The molecule has 0 aliphatic heterocycles. The molecule has 2 aromatic carbocycles. The van der Waals surface area contributed by atoms with Gasteiger partial charge < -0.3 is 33.3 Å². The van der Waals surface area contributed by atoms with E-state index in [0.29, 0.717) is 64.7 Å². The molecule has 0 atom stereocenters. The first kappa shape index (κ1) is 35.9. The van der Waals surface area contributed by atoms with Gasteiger partial charge in [-0.2, -0.15) is 0 Å². The Balaban J connectivity index is 1.14. The average Bonchev–Trinajstić information content (AvgIpc) is 3.09. The number of allylic oxidation sites excluding steroid dienone is 1. The van der Waals surface area contributed by atoms with Crippen molar-refractivity contribution in [2.75, 3.05) is 85.7 Å². The Morgan fingerprint density at radius 1 is 0.532 bits per heavy atom. The van der Waals surface area contributed by atoms with Crippen molar-refractivity contribution in [3.05, 3.63) is 65.2 Å². The van der Waals surface area contributed by atoms with E-state index in [2.05, 4.69) is 74.2 Å². The molecule has 6 rings (SSSR count). The number of nitrogens with zero attached hydrogens (tertiary/aromatic N) is 1. The van der Waals surface area contributed by atoms with Gasteiger partial charge in [0, 0.05) is 13.2 Å². The summed E-state index contributed by atoms with van der Waals surface area (Å²) in [5.41, 5.74) is 5.69. The zero-order valence-corrected chi connectivity index (χ0v) is 29.3. The molecule has 0 saturated heterocycles. The van der Waals surface area contributed by atoms with Gasteiger partial charge in [-0.25, -0.2) is 0 Å². The van der Waals surface area contributed by atoms with Crippen LogP contribution in [0.25, 0.3) is 5.57 Å². The summed E-state index contributed by atoms with van der Waals surface area (Å²) in [5, 5.41) is 0. The molecule has 4 aliphatic rings. The summed E-state index contributed by atoms with van der Waals surface area (Å²) < 4.78 is 34.6. The van der Waals surface area contributed by atoms with Crippen LogP contribution in [0.3, 0.4) is 0 Å². The van der Waals surface area contributed by atoms with E-state index in [0.717, 1.165) is 62.6 Å². The summed E-state index contributed by atoms with van der Waals surface area (Å²) in [4.78, 5) is 2.36. The van der Waals surface area contributed by atoms with Crippen LogP contribution in [0.5, 0.6) is 11.5 Å². The number of likely N-dealkylation sites (N-methyl/N-ethyl adjacent to an activating group) is 1. The van der Waals surface area contributed by atoms with Gasteiger partial charge in [0.15, 0.2) is 0 Å². The van der Waals surface area contributed by atoms with E-state index in [9.17, 15) is 0 Å². The molecule has 7 nitrogen and oxygen atoms in total. The second-order valence-electron chi connectivity index (χ2n) is 13.4. The van der Waals surface area contributed by atoms with Crippen LogP contribution in [0.4, 0.5) is 0 Å². The third-order valence-electron chi connectivity index (χ3n) is 10.1. The Morgan fingerprint density at radius 3 is 1.40 bits per heavy atom. The van der Waals surface area contributed by atoms with Crippen molar-refractivity contribution >= 4 is 5.57 Å². The number of hydrogen-bond donors (Lipinski definition) is 0. The van der Waals surface area contributed by atoms with E-state index >= 15 is 0 Å². The Morgan fingerprint density at radius 2 is 0.957 bits per heavy atom. The molecule has 2 aromatic rings. The summed E-state index contributed by atoms with van der Waals surface area (Å²) in [6, 6.07) is 17.5. The maximum atomic E-state index is 6.05. The molecule has 0 radical (unpaired) electrons. The van der Waals surface area contributed by atoms with Gasteiger partial charge in [0.25, 0.3) is 0 Å². The number of ether oxygens (including phenoxy) is 6. The summed E-state index contributed by atoms with van der Waals surface area (Å²) in [7, 11) is 0. The van der Waals surface area contributed by atoms with Gasteiger partial charge in [-0.1, -0.05) is 50.6 Å². The van der Waals surface area contributed by atoms with Gasteiger partial charge in [-0.15, -0.1) is 0 Å². The molecule has 0 spiro atoms. The van der Waals surface area contributed by atoms with Crippen molar-refractivity contribution in [3.63, 3.8) is 0 Å². The van der Waals surface area contributed by atoms with Crippen molar-refractivity contribution in [1.29, 1.82) is 0 Å². The predicted octanol–water partition coefficient (Wildman–Crippen LogP) is 7.52. The third-order valence-corrected chi connectivity index (χ3v) is 10.1. The molecule has 4 aliphatic carbocycles. The smallest absolute Gasteiger partial charge is 0.119 e. The van der Waals surface area contributed by atoms with E-state index in [1.54, 1.807) is 5.57 Å². The Kier molecular flexibility index (Phi) is 14.9. The monoisotopic (exact) mass is 649 g/mol. The van der Waals surface area contributed by atoms with E-state index in [1.165, 1.54) is 48.8 Å². The second kappa shape index (κ2) is 19.5. The fraction of sp³-hybridized carbons (Fsp3) is 0.650. The Bertz CT molecular complexity index is 1160. The minimum atomic E-state index is 0.527. The largest absolute Gasteiger partial charge is 0.491 e. The first-order valence-corrected chi connectivity index (χ1v) is 18.4. The van der Waals surface area contributed by atoms with Gasteiger partial charge >= 0.3 is 0 Å². The van der Waals surface area contributed by atoms with E-state index in [-0.39, 0.29) is 0 Å². The topological polar surface area (TPSA) is 58.6 Å². The molecule has 0 heterocycles. The number of benzene rings is 2. The van der Waals surface area contributed by atoms with Crippen molar-refractivity contribution in [3.8, 4) is 11.5 Å². The van der Waals surface area contributed by atoms with Crippen molar-refractivity contribution in [2.24, 2.45) is 23.7 Å². The zero-order chi connectivity index (χ0) is 32.7. The van der Waals surface area contributed by atoms with Crippen LogP contribution in [0, 0.1) is 23.7 Å². The van der Waals surface area contributed by atoms with Crippen molar-refractivity contribution < 1.29 is 28.4 Å². The summed E-state index contributed by atoms with van der Waals surface area (Å²) in [6.45, 7) is 15.7. The first-order chi connectivity index (χ1) is 23.2. The second-order valence-corrected chi connectivity index (χ2v) is 13.4. The van der Waals surface area contributed by atoms with Gasteiger partial charge in [0.2, 0.25) is 0 Å². The van der Waals surface area contributed by atoms with Crippen LogP contribution in [0.15, 0.2) is 54.1 Å². The summed E-state index contributed by atoms with van der Waals surface area (Å²) in [5.74, 6) is 5.04. The molecule has 47 heavy (non-hydrogen) atoms. The van der Waals surface area contributed by atoms with Crippen molar-refractivity contribution in [2.45, 2.75) is 59.3 Å². The summed E-state index contributed by atoms with van der Waals surface area (Å²) in [6.07, 6.45) is 7.93.